The van der Waals surface area contributed by atoms with Gasteiger partial charge in [-0.15, -0.1) is 0 Å². The predicted octanol–water partition coefficient (Wildman–Crippen LogP) is -0.356. The molecule has 0 aromatic carbocycles. The Labute approximate surface area is 77.0 Å². The van der Waals surface area contributed by atoms with E-state index in [1.165, 1.54) is 7.11 Å². The van der Waals surface area contributed by atoms with Crippen LogP contribution >= 0.6 is 0 Å². The van der Waals surface area contributed by atoms with Crippen molar-refractivity contribution < 1.29 is 22.3 Å². The summed E-state index contributed by atoms with van der Waals surface area (Å²) >= 11 is 0. The number of methoxy groups -OCH3 is 1. The van der Waals surface area contributed by atoms with Crippen molar-refractivity contribution in [3.05, 3.63) is 12.2 Å². The molecule has 0 aliphatic rings. The SMILES string of the molecule is COC(=O)C=CC(=O)O.[H-].[H-].[Mg+2]. The average Bonchev–Trinajstić information content (AvgIpc) is 1.83. The van der Waals surface area contributed by atoms with E-state index in [0.717, 1.165) is 6.08 Å². The van der Waals surface area contributed by atoms with Crippen molar-refractivity contribution in [2.75, 3.05) is 7.11 Å². The quantitative estimate of drug-likeness (QED) is 0.337. The summed E-state index contributed by atoms with van der Waals surface area (Å²) in [6.07, 6.45) is 1.55. The van der Waals surface area contributed by atoms with Crippen molar-refractivity contribution in [2.24, 2.45) is 0 Å². The number of rotatable bonds is 2. The Morgan fingerprint density at radius 2 is 2.00 bits per heavy atom. The molecule has 0 unspecified atom stereocenters. The van der Waals surface area contributed by atoms with E-state index < -0.39 is 11.9 Å². The summed E-state index contributed by atoms with van der Waals surface area (Å²) in [5, 5.41) is 7.96. The monoisotopic (exact) mass is 156 g/mol. The van der Waals surface area contributed by atoms with Crippen molar-refractivity contribution in [1.82, 2.24) is 0 Å². The first-order chi connectivity index (χ1) is 4.16. The molecule has 4 nitrogen and oxygen atoms in total. The summed E-state index contributed by atoms with van der Waals surface area (Å²) in [5.74, 6) is -1.84. The summed E-state index contributed by atoms with van der Waals surface area (Å²) in [6, 6.07) is 0. The number of hydrogen-bond acceptors (Lipinski definition) is 3. The summed E-state index contributed by atoms with van der Waals surface area (Å²) < 4.78 is 4.11. The van der Waals surface area contributed by atoms with Gasteiger partial charge in [-0.25, -0.2) is 9.59 Å². The molecule has 54 valence electrons. The molecule has 0 aromatic heterocycles. The van der Waals surface area contributed by atoms with Crippen LogP contribution in [0, 0.1) is 0 Å². The Hall–Kier alpha value is -0.554. The third kappa shape index (κ3) is 7.45. The molecule has 10 heavy (non-hydrogen) atoms. The molecule has 0 atom stereocenters. The summed E-state index contributed by atoms with van der Waals surface area (Å²) in [7, 11) is 1.18. The van der Waals surface area contributed by atoms with Gasteiger partial charge in [0, 0.05) is 12.2 Å². The van der Waals surface area contributed by atoms with E-state index in [4.69, 9.17) is 5.11 Å². The summed E-state index contributed by atoms with van der Waals surface area (Å²) in [4.78, 5) is 19.9. The van der Waals surface area contributed by atoms with Gasteiger partial charge < -0.3 is 12.7 Å². The van der Waals surface area contributed by atoms with Crippen molar-refractivity contribution in [3.8, 4) is 0 Å². The van der Waals surface area contributed by atoms with Gasteiger partial charge in [0.15, 0.2) is 0 Å². The third-order valence-electron chi connectivity index (χ3n) is 0.563. The van der Waals surface area contributed by atoms with Gasteiger partial charge in [0.2, 0.25) is 0 Å². The zero-order chi connectivity index (χ0) is 7.28. The largest absolute Gasteiger partial charge is 2.00 e. The molecule has 5 heteroatoms. The number of carbonyl (C=O) groups excluding carboxylic acids is 1. The van der Waals surface area contributed by atoms with Crippen LogP contribution in [0.2, 0.25) is 0 Å². The fourth-order valence-electron chi connectivity index (χ4n) is 0.207. The second-order valence-corrected chi connectivity index (χ2v) is 1.19. The smallest absolute Gasteiger partial charge is 1.00 e. The van der Waals surface area contributed by atoms with Crippen LogP contribution in [0.5, 0.6) is 0 Å². The van der Waals surface area contributed by atoms with E-state index in [2.05, 4.69) is 4.74 Å². The molecule has 0 aliphatic heterocycles. The molecule has 0 spiro atoms. The maximum absolute atomic E-state index is 10.1. The van der Waals surface area contributed by atoms with Crippen LogP contribution in [0.4, 0.5) is 0 Å². The van der Waals surface area contributed by atoms with Gasteiger partial charge in [0.1, 0.15) is 0 Å². The number of aliphatic carboxylic acids is 1. The molecule has 0 saturated carbocycles. The van der Waals surface area contributed by atoms with Gasteiger partial charge in [-0.3, -0.25) is 0 Å². The summed E-state index contributed by atoms with van der Waals surface area (Å²) in [5.41, 5.74) is 0. The molecule has 0 aliphatic carbocycles. The topological polar surface area (TPSA) is 63.6 Å². The normalized spacial score (nSPS) is 8.50. The molecule has 0 bridgehead atoms. The number of carbonyl (C=O) groups is 2. The van der Waals surface area contributed by atoms with E-state index in [-0.39, 0.29) is 25.9 Å². The Balaban J connectivity index is -0.000000107. The number of esters is 1. The van der Waals surface area contributed by atoms with Crippen LogP contribution in [-0.2, 0) is 14.3 Å². The second-order valence-electron chi connectivity index (χ2n) is 1.19. The molecule has 0 radical (unpaired) electrons. The summed E-state index contributed by atoms with van der Waals surface area (Å²) in [6.45, 7) is 0. The molecule has 0 saturated heterocycles. The third-order valence-corrected chi connectivity index (χ3v) is 0.563. The zero-order valence-corrected chi connectivity index (χ0v) is 6.95. The Morgan fingerprint density at radius 1 is 1.50 bits per heavy atom. The zero-order valence-electron chi connectivity index (χ0n) is 7.53. The van der Waals surface area contributed by atoms with Crippen molar-refractivity contribution >= 4 is 35.0 Å². The van der Waals surface area contributed by atoms with E-state index >= 15 is 0 Å². The van der Waals surface area contributed by atoms with E-state index in [0.29, 0.717) is 6.08 Å². The van der Waals surface area contributed by atoms with E-state index in [9.17, 15) is 9.59 Å². The van der Waals surface area contributed by atoms with Crippen LogP contribution in [0.25, 0.3) is 0 Å². The van der Waals surface area contributed by atoms with Crippen LogP contribution < -0.4 is 0 Å². The minimum atomic E-state index is -1.17. The van der Waals surface area contributed by atoms with Crippen LogP contribution in [0.15, 0.2) is 12.2 Å². The van der Waals surface area contributed by atoms with Crippen LogP contribution in [0.3, 0.4) is 0 Å². The Bertz CT molecular complexity index is 160. The fraction of sp³-hybridized carbons (Fsp3) is 0.200. The van der Waals surface area contributed by atoms with Gasteiger partial charge in [-0.2, -0.15) is 0 Å². The molecular weight excluding hydrogens is 148 g/mol. The molecule has 0 fully saturated rings. The first-order valence-electron chi connectivity index (χ1n) is 2.15. The van der Waals surface area contributed by atoms with Gasteiger partial charge in [0.05, 0.1) is 7.11 Å². The predicted molar refractivity (Wildman–Crippen MR) is 36.8 cm³/mol. The van der Waals surface area contributed by atoms with Gasteiger partial charge >= 0.3 is 35.0 Å². The van der Waals surface area contributed by atoms with Crippen molar-refractivity contribution in [2.45, 2.75) is 0 Å². The number of hydrogen-bond donors (Lipinski definition) is 1. The molecule has 0 rings (SSSR count). The van der Waals surface area contributed by atoms with E-state index in [1.807, 2.05) is 0 Å². The van der Waals surface area contributed by atoms with Crippen LogP contribution in [0.1, 0.15) is 2.85 Å². The molecular formula is C5H8MgO4. The van der Waals surface area contributed by atoms with Crippen LogP contribution in [-0.4, -0.2) is 47.2 Å². The first-order valence-corrected chi connectivity index (χ1v) is 2.15. The molecule has 1 N–H and O–H groups in total. The van der Waals surface area contributed by atoms with Crippen molar-refractivity contribution in [3.63, 3.8) is 0 Å². The Morgan fingerprint density at radius 3 is 2.30 bits per heavy atom. The molecule has 0 amide bonds. The first kappa shape index (κ1) is 12.2. The van der Waals surface area contributed by atoms with E-state index in [1.54, 1.807) is 0 Å². The number of ether oxygens (including phenoxy) is 1. The minimum Gasteiger partial charge on any atom is -1.00 e. The molecule has 0 heterocycles. The number of carboxylic acid groups (broad SMARTS) is 1. The standard InChI is InChI=1S/C5H6O4.Mg.2H/c1-9-5(8)3-2-4(6)7;;;/h2-3H,1H3,(H,6,7);;;/q;+2;2*-1. The number of carboxylic acids is 1. The minimum absolute atomic E-state index is 0. The van der Waals surface area contributed by atoms with Gasteiger partial charge in [0.25, 0.3) is 0 Å². The molecule has 0 aromatic rings. The second kappa shape index (κ2) is 6.56. The van der Waals surface area contributed by atoms with Crippen molar-refractivity contribution in [1.29, 1.82) is 0 Å². The fourth-order valence-corrected chi connectivity index (χ4v) is 0.207. The Kier molecular flexibility index (Phi) is 7.98. The maximum Gasteiger partial charge on any atom is 2.00 e. The maximum atomic E-state index is 10.1. The van der Waals surface area contributed by atoms with Gasteiger partial charge in [-0.1, -0.05) is 0 Å². The van der Waals surface area contributed by atoms with Gasteiger partial charge in [-0.05, 0) is 0 Å². The average molecular weight is 156 g/mol.